The van der Waals surface area contributed by atoms with Gasteiger partial charge in [-0.05, 0) is 67.8 Å². The van der Waals surface area contributed by atoms with Crippen LogP contribution in [0.3, 0.4) is 0 Å². The van der Waals surface area contributed by atoms with Gasteiger partial charge in [0.15, 0.2) is 13.2 Å². The minimum absolute atomic E-state index is 0.0205. The molecule has 2 aromatic heterocycles. The summed E-state index contributed by atoms with van der Waals surface area (Å²) in [7, 11) is 0. The van der Waals surface area contributed by atoms with Crippen molar-refractivity contribution < 1.29 is 19.4 Å². The number of benzene rings is 2. The molecular formula is C27H22N4O4S2. The molecule has 1 saturated carbocycles. The number of aliphatic carboxylic acids is 1. The molecule has 2 N–H and O–H groups in total. The van der Waals surface area contributed by atoms with Gasteiger partial charge in [-0.1, -0.05) is 12.2 Å². The minimum Gasteiger partial charge on any atom is -0.480 e. The molecule has 0 saturated heterocycles. The summed E-state index contributed by atoms with van der Waals surface area (Å²) < 4.78 is 10.6. The Balaban J connectivity index is 0.000000186. The number of pyridine rings is 2. The number of nitrogens with zero attached hydrogens (tertiary/aromatic N) is 3. The summed E-state index contributed by atoms with van der Waals surface area (Å²) >= 11 is 6.57. The lowest BCUT2D eigenvalue weighted by atomic mass is 9.84. The molecule has 2 heterocycles. The highest BCUT2D eigenvalue weighted by atomic mass is 32.2. The third-order valence-electron chi connectivity index (χ3n) is 5.87. The van der Waals surface area contributed by atoms with E-state index in [2.05, 4.69) is 9.97 Å². The zero-order chi connectivity index (χ0) is 26.3. The zero-order valence-corrected chi connectivity index (χ0v) is 21.3. The number of rotatable bonds is 7. The van der Waals surface area contributed by atoms with E-state index in [-0.39, 0.29) is 13.2 Å². The fraction of sp³-hybridized carbons (Fsp3) is 0.222. The number of nitriles is 2. The predicted molar refractivity (Wildman–Crippen MR) is 143 cm³/mol. The third kappa shape index (κ3) is 6.00. The van der Waals surface area contributed by atoms with Gasteiger partial charge in [-0.2, -0.15) is 10.5 Å². The number of ether oxygens (including phenoxy) is 2. The largest absolute Gasteiger partial charge is 0.480 e. The van der Waals surface area contributed by atoms with Crippen molar-refractivity contribution in [3.05, 3.63) is 65.4 Å². The predicted octanol–water partition coefficient (Wildman–Crippen LogP) is 6.04. The standard InChI is InChI=1S/C16H14N2O3S.C11H8N2OS/c17-7-9-21-11-2-3-13-12(10-11)14(4-8-18-13)22-16(15(19)20)5-1-6-16;12-4-6-14-8-1-2-10-9(7-8)11(15)3-5-13-10/h2-4,8,10H,1,5-6,9H2,(H,19,20);1-3,5,7H,6H2,(H,13,15). The lowest BCUT2D eigenvalue weighted by molar-refractivity contribution is -0.142. The molecule has 0 amide bonds. The van der Waals surface area contributed by atoms with E-state index in [0.717, 1.165) is 37.6 Å². The van der Waals surface area contributed by atoms with Crippen molar-refractivity contribution in [2.24, 2.45) is 0 Å². The van der Waals surface area contributed by atoms with E-state index < -0.39 is 10.7 Å². The van der Waals surface area contributed by atoms with Crippen LogP contribution in [0.25, 0.3) is 21.8 Å². The van der Waals surface area contributed by atoms with Crippen molar-refractivity contribution in [1.29, 1.82) is 10.5 Å². The van der Waals surface area contributed by atoms with Crippen LogP contribution < -0.4 is 9.47 Å². The molecule has 0 unspecified atom stereocenters. The summed E-state index contributed by atoms with van der Waals surface area (Å²) in [5, 5.41) is 28.3. The molecular weight excluding hydrogens is 508 g/mol. The van der Waals surface area contributed by atoms with Crippen molar-refractivity contribution in [2.45, 2.75) is 28.9 Å². The molecule has 4 aromatic rings. The van der Waals surface area contributed by atoms with E-state index in [4.69, 9.17) is 32.2 Å². The quantitative estimate of drug-likeness (QED) is 0.275. The molecule has 8 nitrogen and oxygen atoms in total. The highest BCUT2D eigenvalue weighted by molar-refractivity contribution is 8.01. The number of thioether (sulfide) groups is 1. The van der Waals surface area contributed by atoms with E-state index in [1.165, 1.54) is 11.8 Å². The van der Waals surface area contributed by atoms with Gasteiger partial charge >= 0.3 is 5.97 Å². The van der Waals surface area contributed by atoms with Crippen LogP contribution in [0.2, 0.25) is 0 Å². The van der Waals surface area contributed by atoms with Crippen LogP contribution in [0, 0.1) is 27.2 Å². The summed E-state index contributed by atoms with van der Waals surface area (Å²) in [5.41, 5.74) is 1.75. The number of aromatic nitrogens is 2. The van der Waals surface area contributed by atoms with E-state index in [0.29, 0.717) is 24.3 Å². The second-order valence-electron chi connectivity index (χ2n) is 8.19. The van der Waals surface area contributed by atoms with Crippen molar-refractivity contribution >= 4 is 51.8 Å². The van der Waals surface area contributed by atoms with Crippen LogP contribution in [0.1, 0.15) is 19.3 Å². The molecule has 0 atom stereocenters. The van der Waals surface area contributed by atoms with Crippen molar-refractivity contribution in [3.8, 4) is 23.6 Å². The Labute approximate surface area is 222 Å². The summed E-state index contributed by atoms with van der Waals surface area (Å²) in [6, 6.07) is 18.4. The van der Waals surface area contributed by atoms with Crippen molar-refractivity contribution in [2.75, 3.05) is 13.2 Å². The lowest BCUT2D eigenvalue weighted by Gasteiger charge is -2.37. The molecule has 186 valence electrons. The summed E-state index contributed by atoms with van der Waals surface area (Å²) in [6.07, 6.45) is 5.80. The highest BCUT2D eigenvalue weighted by Crippen LogP contribution is 2.49. The van der Waals surface area contributed by atoms with Gasteiger partial charge in [0, 0.05) is 38.1 Å². The lowest BCUT2D eigenvalue weighted by Crippen LogP contribution is -2.41. The number of fused-ring (bicyclic) bond motifs is 2. The van der Waals surface area contributed by atoms with Gasteiger partial charge in [-0.15, -0.1) is 11.8 Å². The number of carboxylic acids is 1. The second kappa shape index (κ2) is 11.7. The van der Waals surface area contributed by atoms with Gasteiger partial charge in [0.2, 0.25) is 0 Å². The number of nitrogens with one attached hydrogen (secondary N) is 1. The first-order chi connectivity index (χ1) is 18.0. The van der Waals surface area contributed by atoms with Crippen LogP contribution in [0.15, 0.2) is 65.8 Å². The Kier molecular flexibility index (Phi) is 8.24. The first kappa shape index (κ1) is 26.0. The summed E-state index contributed by atoms with van der Waals surface area (Å²) in [4.78, 5) is 19.8. The number of H-pyrrole nitrogens is 1. The van der Waals surface area contributed by atoms with Gasteiger partial charge in [-0.25, -0.2) is 0 Å². The van der Waals surface area contributed by atoms with Gasteiger partial charge in [-0.3, -0.25) is 9.78 Å². The number of hydrogen-bond acceptors (Lipinski definition) is 8. The van der Waals surface area contributed by atoms with E-state index in [9.17, 15) is 9.90 Å². The molecule has 1 fully saturated rings. The maximum atomic E-state index is 11.6. The van der Waals surface area contributed by atoms with Crippen molar-refractivity contribution in [1.82, 2.24) is 9.97 Å². The van der Waals surface area contributed by atoms with Crippen LogP contribution in [-0.4, -0.2) is 39.0 Å². The van der Waals surface area contributed by atoms with E-state index in [1.807, 2.05) is 54.6 Å². The van der Waals surface area contributed by atoms with Gasteiger partial charge in [0.05, 0.1) is 5.52 Å². The Morgan fingerprint density at radius 1 is 1.05 bits per heavy atom. The van der Waals surface area contributed by atoms with Gasteiger partial charge < -0.3 is 19.6 Å². The molecule has 37 heavy (non-hydrogen) atoms. The third-order valence-corrected chi connectivity index (χ3v) is 7.77. The molecule has 1 aliphatic carbocycles. The molecule has 2 aromatic carbocycles. The average molecular weight is 531 g/mol. The van der Waals surface area contributed by atoms with Crippen LogP contribution in [0.4, 0.5) is 0 Å². The Morgan fingerprint density at radius 3 is 2.35 bits per heavy atom. The van der Waals surface area contributed by atoms with E-state index in [1.54, 1.807) is 18.5 Å². The number of aromatic amines is 1. The minimum atomic E-state index is -0.759. The molecule has 0 radical (unpaired) electrons. The number of hydrogen-bond donors (Lipinski definition) is 2. The van der Waals surface area contributed by atoms with Gasteiger partial charge in [0.1, 0.15) is 28.4 Å². The first-order valence-corrected chi connectivity index (χ1v) is 12.6. The normalized spacial score (nSPS) is 13.4. The SMILES string of the molecule is N#CCOc1ccc2[nH]ccc(=S)c2c1.N#CCOc1ccc2nccc(SC3(C(=O)O)CCC3)c2c1. The van der Waals surface area contributed by atoms with Crippen LogP contribution >= 0.6 is 24.0 Å². The zero-order valence-electron chi connectivity index (χ0n) is 19.6. The van der Waals surface area contributed by atoms with Gasteiger partial charge in [0.25, 0.3) is 0 Å². The molecule has 1 aliphatic rings. The maximum absolute atomic E-state index is 11.6. The fourth-order valence-corrected chi connectivity index (χ4v) is 5.46. The van der Waals surface area contributed by atoms with E-state index >= 15 is 0 Å². The summed E-state index contributed by atoms with van der Waals surface area (Å²) in [5.74, 6) is 0.488. The number of carboxylic acid groups (broad SMARTS) is 1. The Hall–Kier alpha value is -4.12. The fourth-order valence-electron chi connectivity index (χ4n) is 3.82. The van der Waals surface area contributed by atoms with Crippen LogP contribution in [0.5, 0.6) is 11.5 Å². The van der Waals surface area contributed by atoms with Crippen LogP contribution in [-0.2, 0) is 4.79 Å². The Bertz CT molecular complexity index is 1590. The number of carbonyl (C=O) groups is 1. The average Bonchev–Trinajstić information content (AvgIpc) is 2.89. The molecule has 0 spiro atoms. The monoisotopic (exact) mass is 530 g/mol. The first-order valence-electron chi connectivity index (χ1n) is 11.4. The highest BCUT2D eigenvalue weighted by Gasteiger charge is 2.45. The summed E-state index contributed by atoms with van der Waals surface area (Å²) in [6.45, 7) is 0.0299. The molecule has 10 heteroatoms. The second-order valence-corrected chi connectivity index (χ2v) is 10.1. The topological polar surface area (TPSA) is 132 Å². The molecule has 5 rings (SSSR count). The maximum Gasteiger partial charge on any atom is 0.320 e. The Morgan fingerprint density at radius 2 is 1.73 bits per heavy atom. The smallest absolute Gasteiger partial charge is 0.320 e. The molecule has 0 aliphatic heterocycles. The van der Waals surface area contributed by atoms with Crippen molar-refractivity contribution in [3.63, 3.8) is 0 Å². The molecule has 0 bridgehead atoms.